The van der Waals surface area contributed by atoms with E-state index < -0.39 is 0 Å². The van der Waals surface area contributed by atoms with Gasteiger partial charge in [0.2, 0.25) is 0 Å². The topological polar surface area (TPSA) is 52.0 Å². The number of hydrogen-bond acceptors (Lipinski definition) is 3. The second-order valence-corrected chi connectivity index (χ2v) is 4.26. The second-order valence-electron chi connectivity index (χ2n) is 4.26. The van der Waals surface area contributed by atoms with Gasteiger partial charge in [-0.2, -0.15) is 5.26 Å². The summed E-state index contributed by atoms with van der Waals surface area (Å²) < 4.78 is 4.25. The Balaban J connectivity index is 0.000000357. The number of rotatable bonds is 0. The van der Waals surface area contributed by atoms with Gasteiger partial charge in [-0.25, -0.2) is 0 Å². The van der Waals surface area contributed by atoms with E-state index in [2.05, 4.69) is 28.0 Å². The summed E-state index contributed by atoms with van der Waals surface area (Å²) in [5.41, 5.74) is 3.41. The Kier molecular flexibility index (Phi) is 6.61. The number of anilines is 1. The van der Waals surface area contributed by atoms with Crippen molar-refractivity contribution in [1.82, 2.24) is 4.98 Å². The van der Waals surface area contributed by atoms with Crippen LogP contribution in [0.4, 0.5) is 5.69 Å². The number of aromatic amines is 1. The SMILES string of the molecule is CC.COC.N#CN1CCCc2[nH]c3ccccc3c21. The molecule has 0 fully saturated rings. The zero-order valence-corrected chi connectivity index (χ0v) is 12.7. The van der Waals surface area contributed by atoms with Crippen LogP contribution < -0.4 is 4.90 Å². The second kappa shape index (κ2) is 8.23. The molecule has 4 heteroatoms. The molecule has 3 rings (SSSR count). The maximum absolute atomic E-state index is 9.08. The third kappa shape index (κ3) is 3.31. The molecule has 1 aromatic heterocycles. The highest BCUT2D eigenvalue weighted by Crippen LogP contribution is 2.34. The van der Waals surface area contributed by atoms with Crippen LogP contribution in [0, 0.1) is 11.5 Å². The number of nitrogens with zero attached hydrogens (tertiary/aromatic N) is 2. The summed E-state index contributed by atoms with van der Waals surface area (Å²) in [7, 11) is 3.25. The minimum atomic E-state index is 0.839. The fourth-order valence-corrected chi connectivity index (χ4v) is 2.30. The predicted octanol–water partition coefficient (Wildman–Crippen LogP) is 3.69. The Morgan fingerprint density at radius 3 is 2.55 bits per heavy atom. The van der Waals surface area contributed by atoms with Gasteiger partial charge < -0.3 is 9.72 Å². The van der Waals surface area contributed by atoms with Crippen LogP contribution in [0.3, 0.4) is 0 Å². The molecule has 0 unspecified atom stereocenters. The van der Waals surface area contributed by atoms with E-state index >= 15 is 0 Å². The molecule has 2 heterocycles. The van der Waals surface area contributed by atoms with Crippen molar-refractivity contribution in [3.8, 4) is 6.19 Å². The number of aryl methyl sites for hydroxylation is 1. The van der Waals surface area contributed by atoms with Gasteiger partial charge in [0.1, 0.15) is 0 Å². The van der Waals surface area contributed by atoms with E-state index in [0.29, 0.717) is 0 Å². The van der Waals surface area contributed by atoms with Gasteiger partial charge in [0.25, 0.3) is 0 Å². The maximum atomic E-state index is 9.08. The summed E-state index contributed by atoms with van der Waals surface area (Å²) in [4.78, 5) is 5.18. The summed E-state index contributed by atoms with van der Waals surface area (Å²) in [5.74, 6) is 0. The van der Waals surface area contributed by atoms with Gasteiger partial charge in [-0.05, 0) is 18.9 Å². The average molecular weight is 273 g/mol. The van der Waals surface area contributed by atoms with Crippen molar-refractivity contribution in [3.63, 3.8) is 0 Å². The molecular weight excluding hydrogens is 250 g/mol. The molecule has 0 aliphatic carbocycles. The van der Waals surface area contributed by atoms with Crippen molar-refractivity contribution in [2.45, 2.75) is 26.7 Å². The lowest BCUT2D eigenvalue weighted by atomic mass is 10.1. The molecule has 1 N–H and O–H groups in total. The maximum Gasteiger partial charge on any atom is 0.184 e. The molecule has 0 spiro atoms. The van der Waals surface area contributed by atoms with Crippen LogP contribution in [0.2, 0.25) is 0 Å². The van der Waals surface area contributed by atoms with Crippen molar-refractivity contribution in [2.75, 3.05) is 25.7 Å². The highest BCUT2D eigenvalue weighted by molar-refractivity contribution is 5.95. The van der Waals surface area contributed by atoms with Gasteiger partial charge in [-0.15, -0.1) is 0 Å². The number of methoxy groups -OCH3 is 1. The van der Waals surface area contributed by atoms with E-state index in [-0.39, 0.29) is 0 Å². The Hall–Kier alpha value is -1.99. The molecule has 0 saturated carbocycles. The number of benzene rings is 1. The van der Waals surface area contributed by atoms with Gasteiger partial charge in [-0.1, -0.05) is 32.0 Å². The molecule has 1 aliphatic heterocycles. The number of nitriles is 1. The van der Waals surface area contributed by atoms with Crippen molar-refractivity contribution in [1.29, 1.82) is 5.26 Å². The highest BCUT2D eigenvalue weighted by Gasteiger charge is 2.21. The molecule has 0 bridgehead atoms. The van der Waals surface area contributed by atoms with E-state index in [0.717, 1.165) is 36.0 Å². The lowest BCUT2D eigenvalue weighted by molar-refractivity contribution is 0.277. The van der Waals surface area contributed by atoms with Crippen LogP contribution in [0.5, 0.6) is 0 Å². The molecule has 1 aromatic carbocycles. The lowest BCUT2D eigenvalue weighted by Gasteiger charge is -2.21. The standard InChI is InChI=1S/C12H11N3.C2H6O.C2H6/c13-8-15-7-3-6-11-12(15)9-4-1-2-5-10(9)14-11;1-3-2;1-2/h1-2,4-5,14H,3,6-7H2;1-2H3;1-2H3. The van der Waals surface area contributed by atoms with Gasteiger partial charge in [0.05, 0.1) is 5.69 Å². The molecule has 0 atom stereocenters. The summed E-state index contributed by atoms with van der Waals surface area (Å²) in [6.07, 6.45) is 4.34. The quantitative estimate of drug-likeness (QED) is 0.745. The van der Waals surface area contributed by atoms with Crippen LogP contribution in [0.1, 0.15) is 26.0 Å². The summed E-state index contributed by atoms with van der Waals surface area (Å²) in [6, 6.07) is 8.16. The Morgan fingerprint density at radius 1 is 1.25 bits per heavy atom. The monoisotopic (exact) mass is 273 g/mol. The predicted molar refractivity (Wildman–Crippen MR) is 83.9 cm³/mol. The number of H-pyrrole nitrogens is 1. The summed E-state index contributed by atoms with van der Waals surface area (Å²) in [5, 5.41) is 10.2. The molecular formula is C16H23N3O. The highest BCUT2D eigenvalue weighted by atomic mass is 16.4. The van der Waals surface area contributed by atoms with Crippen LogP contribution in [0.15, 0.2) is 24.3 Å². The van der Waals surface area contributed by atoms with Crippen molar-refractivity contribution >= 4 is 16.6 Å². The van der Waals surface area contributed by atoms with Gasteiger partial charge in [0, 0.05) is 37.4 Å². The first-order valence-corrected chi connectivity index (χ1v) is 6.98. The molecule has 2 aromatic rings. The number of aromatic nitrogens is 1. The average Bonchev–Trinajstić information content (AvgIpc) is 2.88. The van der Waals surface area contributed by atoms with E-state index in [1.54, 1.807) is 19.1 Å². The van der Waals surface area contributed by atoms with Crippen molar-refractivity contribution in [2.24, 2.45) is 0 Å². The Morgan fingerprint density at radius 2 is 1.90 bits per heavy atom. The first-order valence-electron chi connectivity index (χ1n) is 6.98. The van der Waals surface area contributed by atoms with Gasteiger partial charge in [-0.3, -0.25) is 4.90 Å². The lowest BCUT2D eigenvalue weighted by Crippen LogP contribution is -2.23. The van der Waals surface area contributed by atoms with E-state index in [4.69, 9.17) is 5.26 Å². The largest absolute Gasteiger partial charge is 0.388 e. The fraction of sp³-hybridized carbons (Fsp3) is 0.438. The van der Waals surface area contributed by atoms with E-state index in [1.807, 2.05) is 26.0 Å². The van der Waals surface area contributed by atoms with Crippen LogP contribution >= 0.6 is 0 Å². The summed E-state index contributed by atoms with van der Waals surface area (Å²) >= 11 is 0. The number of nitrogens with one attached hydrogen (secondary N) is 1. The normalized spacial score (nSPS) is 12.4. The van der Waals surface area contributed by atoms with Crippen LogP contribution in [-0.2, 0) is 11.2 Å². The van der Waals surface area contributed by atoms with E-state index in [9.17, 15) is 0 Å². The van der Waals surface area contributed by atoms with Gasteiger partial charge >= 0.3 is 0 Å². The molecule has 0 saturated heterocycles. The minimum absolute atomic E-state index is 0.839. The number of fused-ring (bicyclic) bond motifs is 3. The smallest absolute Gasteiger partial charge is 0.184 e. The Labute approximate surface area is 121 Å². The number of hydrogen-bond donors (Lipinski definition) is 1. The first-order chi connectivity index (χ1) is 9.81. The number of para-hydroxylation sites is 1. The zero-order chi connectivity index (χ0) is 15.0. The Bertz CT molecular complexity index is 569. The minimum Gasteiger partial charge on any atom is -0.388 e. The number of ether oxygens (including phenoxy) is 1. The third-order valence-corrected chi connectivity index (χ3v) is 2.95. The van der Waals surface area contributed by atoms with E-state index in [1.165, 1.54) is 5.69 Å². The molecule has 4 nitrogen and oxygen atoms in total. The zero-order valence-electron chi connectivity index (χ0n) is 12.7. The van der Waals surface area contributed by atoms with Gasteiger partial charge in [0.15, 0.2) is 6.19 Å². The molecule has 0 amide bonds. The van der Waals surface area contributed by atoms with Crippen LogP contribution in [0.25, 0.3) is 10.9 Å². The van der Waals surface area contributed by atoms with Crippen molar-refractivity contribution in [3.05, 3.63) is 30.0 Å². The fourth-order valence-electron chi connectivity index (χ4n) is 2.30. The molecule has 0 radical (unpaired) electrons. The van der Waals surface area contributed by atoms with Crippen LogP contribution in [-0.4, -0.2) is 25.7 Å². The molecule has 108 valence electrons. The third-order valence-electron chi connectivity index (χ3n) is 2.95. The molecule has 20 heavy (non-hydrogen) atoms. The first kappa shape index (κ1) is 16.1. The van der Waals surface area contributed by atoms with Crippen molar-refractivity contribution < 1.29 is 4.74 Å². The summed E-state index contributed by atoms with van der Waals surface area (Å²) in [6.45, 7) is 4.84. The molecule has 1 aliphatic rings.